The quantitative estimate of drug-likeness (QED) is 0.358. The van der Waals surface area contributed by atoms with Gasteiger partial charge >= 0.3 is 12.3 Å². The molecule has 1 saturated heterocycles. The minimum Gasteiger partial charge on any atom is -0.444 e. The fraction of sp³-hybridized carbons (Fsp3) is 0.500. The molecule has 2 aromatic carbocycles. The number of piperazine rings is 1. The number of anilines is 1. The van der Waals surface area contributed by atoms with E-state index in [2.05, 4.69) is 5.32 Å². The van der Waals surface area contributed by atoms with Crippen molar-refractivity contribution in [3.05, 3.63) is 57.1 Å². The van der Waals surface area contributed by atoms with Gasteiger partial charge in [0.05, 0.1) is 21.9 Å². The molecule has 10 nitrogen and oxygen atoms in total. The average molecular weight is 710 g/mol. The second kappa shape index (κ2) is 14.8. The van der Waals surface area contributed by atoms with Crippen LogP contribution in [0.5, 0.6) is 0 Å². The molecule has 254 valence electrons. The lowest BCUT2D eigenvalue weighted by Gasteiger charge is -2.35. The molecule has 1 aliphatic heterocycles. The van der Waals surface area contributed by atoms with Crippen LogP contribution in [-0.2, 0) is 32.1 Å². The van der Waals surface area contributed by atoms with Crippen molar-refractivity contribution in [1.82, 2.24) is 15.1 Å². The highest BCUT2D eigenvalue weighted by Crippen LogP contribution is 2.38. The van der Waals surface area contributed by atoms with Gasteiger partial charge in [-0.2, -0.15) is 13.2 Å². The Morgan fingerprint density at radius 2 is 1.65 bits per heavy atom. The molecule has 0 spiro atoms. The summed E-state index contributed by atoms with van der Waals surface area (Å²) in [5.74, 6) is -1.40. The largest absolute Gasteiger partial charge is 0.444 e. The number of carbonyl (C=O) groups excluding carboxylic acids is 3. The highest BCUT2D eigenvalue weighted by Gasteiger charge is 2.37. The fourth-order valence-electron chi connectivity index (χ4n) is 4.77. The van der Waals surface area contributed by atoms with Crippen LogP contribution in [0.1, 0.15) is 55.6 Å². The first-order chi connectivity index (χ1) is 21.2. The third kappa shape index (κ3) is 9.72. The number of amides is 3. The maximum absolute atomic E-state index is 14.3. The van der Waals surface area contributed by atoms with Crippen LogP contribution in [0.15, 0.2) is 35.2 Å². The van der Waals surface area contributed by atoms with Gasteiger partial charge in [-0.3, -0.25) is 14.5 Å². The number of rotatable bonds is 9. The molecule has 1 N–H and O–H groups in total. The van der Waals surface area contributed by atoms with E-state index in [0.717, 1.165) is 11.0 Å². The number of ether oxygens (including phenoxy) is 1. The summed E-state index contributed by atoms with van der Waals surface area (Å²) in [6.45, 7) is 7.52. The molecule has 1 heterocycles. The summed E-state index contributed by atoms with van der Waals surface area (Å²) < 4.78 is 73.4. The summed E-state index contributed by atoms with van der Waals surface area (Å²) in [6, 6.07) is 5.67. The third-order valence-electron chi connectivity index (χ3n) is 7.16. The number of nitrogens with one attached hydrogen (secondary N) is 1. The Morgan fingerprint density at radius 1 is 1.02 bits per heavy atom. The van der Waals surface area contributed by atoms with E-state index >= 15 is 0 Å². The van der Waals surface area contributed by atoms with Gasteiger partial charge in [-0.05, 0) is 56.7 Å². The predicted octanol–water partition coefficient (Wildman–Crippen LogP) is 5.64. The summed E-state index contributed by atoms with van der Waals surface area (Å²) in [5.41, 5.74) is -2.48. The lowest BCUT2D eigenvalue weighted by atomic mass is 10.0. The molecule has 0 unspecified atom stereocenters. The summed E-state index contributed by atoms with van der Waals surface area (Å²) in [4.78, 5) is 41.8. The molecule has 0 aliphatic carbocycles. The van der Waals surface area contributed by atoms with E-state index in [1.807, 2.05) is 0 Å². The molecule has 1 fully saturated rings. The van der Waals surface area contributed by atoms with Gasteiger partial charge < -0.3 is 19.9 Å². The summed E-state index contributed by atoms with van der Waals surface area (Å²) >= 11 is 12.4. The lowest BCUT2D eigenvalue weighted by Crippen LogP contribution is -2.49. The first-order valence-electron chi connectivity index (χ1n) is 14.4. The maximum atomic E-state index is 14.3. The van der Waals surface area contributed by atoms with Crippen molar-refractivity contribution in [2.75, 3.05) is 50.4 Å². The molecular weight excluding hydrogens is 672 g/mol. The van der Waals surface area contributed by atoms with Gasteiger partial charge in [-0.15, -0.1) is 0 Å². The first-order valence-corrected chi connectivity index (χ1v) is 16.8. The number of sulfone groups is 1. The average Bonchev–Trinajstić information content (AvgIpc) is 2.95. The van der Waals surface area contributed by atoms with E-state index in [1.165, 1.54) is 32.2 Å². The molecule has 0 atom stereocenters. The second-order valence-electron chi connectivity index (χ2n) is 11.7. The molecule has 46 heavy (non-hydrogen) atoms. The number of nitrogens with zero attached hydrogens (tertiary/aromatic N) is 3. The van der Waals surface area contributed by atoms with Gasteiger partial charge in [0.2, 0.25) is 5.91 Å². The van der Waals surface area contributed by atoms with Crippen LogP contribution in [-0.4, -0.2) is 87.3 Å². The Labute approximate surface area is 276 Å². The van der Waals surface area contributed by atoms with Crippen LogP contribution in [0, 0.1) is 0 Å². The number of alkyl halides is 3. The SMILES string of the molecule is CCS(=O)(=O)c1ccc(Cl)cc1N(C)C(=O)c1cc(Cl)c(CN2CCN(C(=O)CCNC(=O)OC(C)(C)C)CC2)c(C(F)(F)F)c1. The number of hydrogen-bond acceptors (Lipinski definition) is 7. The van der Waals surface area contributed by atoms with Crippen molar-refractivity contribution in [3.8, 4) is 0 Å². The van der Waals surface area contributed by atoms with E-state index in [4.69, 9.17) is 27.9 Å². The highest BCUT2D eigenvalue weighted by molar-refractivity contribution is 7.91. The molecule has 1 aliphatic rings. The minimum atomic E-state index is -4.86. The minimum absolute atomic E-state index is 0.0360. The summed E-state index contributed by atoms with van der Waals surface area (Å²) in [6.07, 6.45) is -5.46. The molecule has 0 saturated carbocycles. The van der Waals surface area contributed by atoms with Crippen molar-refractivity contribution in [2.45, 2.75) is 57.3 Å². The van der Waals surface area contributed by atoms with Crippen molar-refractivity contribution in [3.63, 3.8) is 0 Å². The second-order valence-corrected chi connectivity index (χ2v) is 14.8. The molecule has 3 amide bonds. The first kappa shape index (κ1) is 37.4. The highest BCUT2D eigenvalue weighted by atomic mass is 35.5. The monoisotopic (exact) mass is 708 g/mol. The van der Waals surface area contributed by atoms with E-state index in [-0.39, 0.29) is 89.1 Å². The Hall–Kier alpha value is -3.07. The fourth-order valence-corrected chi connectivity index (χ4v) is 6.32. The smallest absolute Gasteiger partial charge is 0.416 e. The summed E-state index contributed by atoms with van der Waals surface area (Å²) in [5, 5.41) is 2.37. The number of hydrogen-bond donors (Lipinski definition) is 1. The van der Waals surface area contributed by atoms with Gasteiger partial charge in [0.15, 0.2) is 9.84 Å². The zero-order valence-corrected chi connectivity index (χ0v) is 28.5. The van der Waals surface area contributed by atoms with Gasteiger partial charge in [0.1, 0.15) is 5.60 Å². The van der Waals surface area contributed by atoms with Crippen LogP contribution in [0.25, 0.3) is 0 Å². The Bertz CT molecular complexity index is 1570. The number of carbonyl (C=O) groups is 3. The zero-order valence-electron chi connectivity index (χ0n) is 26.1. The molecule has 3 rings (SSSR count). The Kier molecular flexibility index (Phi) is 12.0. The molecule has 2 aromatic rings. The van der Waals surface area contributed by atoms with Crippen LogP contribution >= 0.6 is 23.2 Å². The molecule has 0 radical (unpaired) electrons. The third-order valence-corrected chi connectivity index (χ3v) is 9.51. The van der Waals surface area contributed by atoms with Crippen LogP contribution in [0.2, 0.25) is 10.0 Å². The van der Waals surface area contributed by atoms with E-state index in [1.54, 1.807) is 30.6 Å². The molecule has 0 bridgehead atoms. The number of halogens is 5. The van der Waals surface area contributed by atoms with E-state index in [9.17, 15) is 36.0 Å². The van der Waals surface area contributed by atoms with Crippen molar-refractivity contribution >= 4 is 56.6 Å². The molecule has 0 aromatic heterocycles. The Balaban J connectivity index is 1.74. The van der Waals surface area contributed by atoms with Gasteiger partial charge in [0, 0.05) is 68.3 Å². The molecular formula is C30H37Cl2F3N4O6S. The van der Waals surface area contributed by atoms with Crippen molar-refractivity contribution < 1.29 is 40.7 Å². The van der Waals surface area contributed by atoms with Gasteiger partial charge in [-0.1, -0.05) is 30.1 Å². The predicted molar refractivity (Wildman–Crippen MR) is 169 cm³/mol. The lowest BCUT2D eigenvalue weighted by molar-refractivity contribution is -0.138. The van der Waals surface area contributed by atoms with E-state index in [0.29, 0.717) is 6.07 Å². The van der Waals surface area contributed by atoms with Gasteiger partial charge in [-0.25, -0.2) is 13.2 Å². The van der Waals surface area contributed by atoms with Crippen LogP contribution in [0.4, 0.5) is 23.7 Å². The molecule has 16 heteroatoms. The Morgan fingerprint density at radius 3 is 2.22 bits per heavy atom. The van der Waals surface area contributed by atoms with Gasteiger partial charge in [0.25, 0.3) is 5.91 Å². The van der Waals surface area contributed by atoms with Crippen molar-refractivity contribution in [1.29, 1.82) is 0 Å². The van der Waals surface area contributed by atoms with Crippen molar-refractivity contribution in [2.24, 2.45) is 0 Å². The normalized spacial score (nSPS) is 14.6. The van der Waals surface area contributed by atoms with Crippen LogP contribution < -0.4 is 10.2 Å². The van der Waals surface area contributed by atoms with E-state index < -0.39 is 39.2 Å². The van der Waals surface area contributed by atoms with Crippen LogP contribution in [0.3, 0.4) is 0 Å². The maximum Gasteiger partial charge on any atom is 0.416 e. The number of benzene rings is 2. The zero-order chi connectivity index (χ0) is 34.6. The summed E-state index contributed by atoms with van der Waals surface area (Å²) in [7, 11) is -2.56. The standard InChI is InChI=1S/C30H37Cl2F3N4O6S/c1-6-46(43,44)25-8-7-20(31)17-24(25)37(5)27(41)19-15-22(30(33,34)35)21(23(32)16-19)18-38-11-13-39(14-12-38)26(40)9-10-36-28(42)45-29(2,3)4/h7-8,15-17H,6,9-14,18H2,1-5H3,(H,36,42). The number of alkyl carbamates (subject to hydrolysis) is 1. The topological polar surface area (TPSA) is 116 Å².